The molecule has 0 radical (unpaired) electrons. The van der Waals surface area contributed by atoms with E-state index >= 15 is 0 Å². The lowest BCUT2D eigenvalue weighted by Crippen LogP contribution is -2.30. The van der Waals surface area contributed by atoms with E-state index in [1.54, 1.807) is 0 Å². The summed E-state index contributed by atoms with van der Waals surface area (Å²) in [7, 11) is 0. The van der Waals surface area contributed by atoms with Gasteiger partial charge in [-0.1, -0.05) is 279 Å². The van der Waals surface area contributed by atoms with Gasteiger partial charge in [0.2, 0.25) is 0 Å². The summed E-state index contributed by atoms with van der Waals surface area (Å²) in [6.45, 7) is 11.4. The molecule has 0 aliphatic heterocycles. The van der Waals surface area contributed by atoms with E-state index in [2.05, 4.69) is 34.6 Å². The standard InChI is InChI=1S/C57H110O6/c1-6-8-9-10-11-12-13-14-15-16-17-18-19-20-23-27-34-39-44-49-57(60)63-54(51-62-56(59)48-43-38-33-29-28-31-36-41-46-53(5)7-2)50-61-55(58)47-42-37-32-26-24-21-22-25-30-35-40-45-52(3)4/h52-54H,6-51H2,1-5H3/t53?,54-/m1/s1. The van der Waals surface area contributed by atoms with E-state index in [0.717, 1.165) is 69.6 Å². The van der Waals surface area contributed by atoms with Crippen LogP contribution in [0.25, 0.3) is 0 Å². The highest BCUT2D eigenvalue weighted by molar-refractivity contribution is 5.71. The van der Waals surface area contributed by atoms with E-state index in [1.807, 2.05) is 0 Å². The predicted octanol–water partition coefficient (Wildman–Crippen LogP) is 18.5. The molecule has 0 N–H and O–H groups in total. The molecule has 0 aliphatic rings. The van der Waals surface area contributed by atoms with E-state index < -0.39 is 6.10 Å². The molecule has 0 fully saturated rings. The Labute approximate surface area is 393 Å². The van der Waals surface area contributed by atoms with Crippen LogP contribution in [0.15, 0.2) is 0 Å². The van der Waals surface area contributed by atoms with Crippen molar-refractivity contribution in [3.63, 3.8) is 0 Å². The Morgan fingerprint density at radius 1 is 0.333 bits per heavy atom. The number of rotatable bonds is 51. The highest BCUT2D eigenvalue weighted by atomic mass is 16.6. The Hall–Kier alpha value is -1.59. The maximum absolute atomic E-state index is 12.8. The largest absolute Gasteiger partial charge is 0.462 e. The number of unbranched alkanes of at least 4 members (excludes halogenated alkanes) is 35. The Kier molecular flexibility index (Phi) is 48.6. The summed E-state index contributed by atoms with van der Waals surface area (Å²) in [6.07, 6.45) is 52.3. The molecule has 0 saturated carbocycles. The van der Waals surface area contributed by atoms with Crippen LogP contribution in [-0.2, 0) is 28.6 Å². The summed E-state index contributed by atoms with van der Waals surface area (Å²) in [6, 6.07) is 0. The van der Waals surface area contributed by atoms with Crippen LogP contribution < -0.4 is 0 Å². The molecule has 0 bridgehead atoms. The van der Waals surface area contributed by atoms with Crippen LogP contribution in [-0.4, -0.2) is 37.2 Å². The molecular formula is C57H110O6. The van der Waals surface area contributed by atoms with Crippen molar-refractivity contribution >= 4 is 17.9 Å². The first-order valence-electron chi connectivity index (χ1n) is 28.3. The van der Waals surface area contributed by atoms with Gasteiger partial charge in [0.25, 0.3) is 0 Å². The number of ether oxygens (including phenoxy) is 3. The minimum atomic E-state index is -0.763. The SMILES string of the molecule is CCCCCCCCCCCCCCCCCCCCCC(=O)O[C@H](COC(=O)CCCCCCCCCCCCCC(C)C)COC(=O)CCCCCCCCCCC(C)CC. The summed E-state index contributed by atoms with van der Waals surface area (Å²) in [5.74, 6) is 0.830. The Morgan fingerprint density at radius 3 is 0.905 bits per heavy atom. The number of hydrogen-bond donors (Lipinski definition) is 0. The number of hydrogen-bond acceptors (Lipinski definition) is 6. The van der Waals surface area contributed by atoms with Gasteiger partial charge in [0.15, 0.2) is 6.10 Å². The lowest BCUT2D eigenvalue weighted by atomic mass is 9.99. The van der Waals surface area contributed by atoms with Gasteiger partial charge in [-0.05, 0) is 31.1 Å². The fourth-order valence-corrected chi connectivity index (χ4v) is 8.66. The lowest BCUT2D eigenvalue weighted by molar-refractivity contribution is -0.167. The zero-order valence-electron chi connectivity index (χ0n) is 43.2. The quantitative estimate of drug-likeness (QED) is 0.0344. The molecular weight excluding hydrogens is 781 g/mol. The minimum Gasteiger partial charge on any atom is -0.462 e. The van der Waals surface area contributed by atoms with Crippen molar-refractivity contribution < 1.29 is 28.6 Å². The van der Waals surface area contributed by atoms with E-state index in [-0.39, 0.29) is 31.1 Å². The molecule has 374 valence electrons. The second-order valence-electron chi connectivity index (χ2n) is 20.3. The van der Waals surface area contributed by atoms with Crippen LogP contribution in [0.4, 0.5) is 0 Å². The highest BCUT2D eigenvalue weighted by Crippen LogP contribution is 2.18. The van der Waals surface area contributed by atoms with Crippen molar-refractivity contribution in [2.45, 2.75) is 323 Å². The Bertz CT molecular complexity index is 964. The van der Waals surface area contributed by atoms with Crippen molar-refractivity contribution in [3.8, 4) is 0 Å². The van der Waals surface area contributed by atoms with E-state index in [9.17, 15) is 14.4 Å². The smallest absolute Gasteiger partial charge is 0.306 e. The molecule has 6 heteroatoms. The maximum atomic E-state index is 12.8. The zero-order chi connectivity index (χ0) is 46.1. The molecule has 2 atom stereocenters. The molecule has 0 heterocycles. The monoisotopic (exact) mass is 891 g/mol. The molecule has 1 unspecified atom stereocenters. The third-order valence-corrected chi connectivity index (χ3v) is 13.3. The van der Waals surface area contributed by atoms with Gasteiger partial charge in [0.05, 0.1) is 0 Å². The third-order valence-electron chi connectivity index (χ3n) is 13.3. The summed E-state index contributed by atoms with van der Waals surface area (Å²) in [5.41, 5.74) is 0. The molecule has 63 heavy (non-hydrogen) atoms. The molecule has 6 nitrogen and oxygen atoms in total. The zero-order valence-corrected chi connectivity index (χ0v) is 43.2. The van der Waals surface area contributed by atoms with Crippen molar-refractivity contribution in [2.24, 2.45) is 11.8 Å². The van der Waals surface area contributed by atoms with Crippen LogP contribution in [0.1, 0.15) is 317 Å². The summed E-state index contributed by atoms with van der Waals surface area (Å²) in [4.78, 5) is 38.1. The summed E-state index contributed by atoms with van der Waals surface area (Å²) >= 11 is 0. The van der Waals surface area contributed by atoms with Crippen LogP contribution in [0.2, 0.25) is 0 Å². The van der Waals surface area contributed by atoms with Gasteiger partial charge >= 0.3 is 17.9 Å². The maximum Gasteiger partial charge on any atom is 0.306 e. The summed E-state index contributed by atoms with van der Waals surface area (Å²) in [5, 5.41) is 0. The first-order valence-corrected chi connectivity index (χ1v) is 28.3. The fourth-order valence-electron chi connectivity index (χ4n) is 8.66. The second-order valence-corrected chi connectivity index (χ2v) is 20.3. The van der Waals surface area contributed by atoms with Gasteiger partial charge in [0.1, 0.15) is 13.2 Å². The molecule has 0 rings (SSSR count). The molecule has 0 saturated heterocycles. The Balaban J connectivity index is 4.28. The molecule has 0 aromatic heterocycles. The number of carbonyl (C=O) groups is 3. The van der Waals surface area contributed by atoms with Gasteiger partial charge in [-0.2, -0.15) is 0 Å². The first-order chi connectivity index (χ1) is 30.8. The number of carbonyl (C=O) groups excluding carboxylic acids is 3. The van der Waals surface area contributed by atoms with E-state index in [4.69, 9.17) is 14.2 Å². The van der Waals surface area contributed by atoms with Gasteiger partial charge in [-0.25, -0.2) is 0 Å². The predicted molar refractivity (Wildman–Crippen MR) is 270 cm³/mol. The Morgan fingerprint density at radius 2 is 0.603 bits per heavy atom. The van der Waals surface area contributed by atoms with E-state index in [1.165, 1.54) is 205 Å². The minimum absolute atomic E-state index is 0.0636. The lowest BCUT2D eigenvalue weighted by Gasteiger charge is -2.18. The molecule has 0 aliphatic carbocycles. The normalized spacial score (nSPS) is 12.5. The fraction of sp³-hybridized carbons (Fsp3) is 0.947. The van der Waals surface area contributed by atoms with Gasteiger partial charge in [-0.15, -0.1) is 0 Å². The van der Waals surface area contributed by atoms with Gasteiger partial charge in [-0.3, -0.25) is 14.4 Å². The van der Waals surface area contributed by atoms with Crippen molar-refractivity contribution in [3.05, 3.63) is 0 Å². The van der Waals surface area contributed by atoms with Crippen LogP contribution in [0, 0.1) is 11.8 Å². The molecule has 0 aromatic carbocycles. The average Bonchev–Trinajstić information content (AvgIpc) is 3.27. The van der Waals surface area contributed by atoms with Crippen molar-refractivity contribution in [1.82, 2.24) is 0 Å². The molecule has 0 spiro atoms. The van der Waals surface area contributed by atoms with Crippen molar-refractivity contribution in [2.75, 3.05) is 13.2 Å². The first kappa shape index (κ1) is 61.4. The van der Waals surface area contributed by atoms with Crippen molar-refractivity contribution in [1.29, 1.82) is 0 Å². The second kappa shape index (κ2) is 49.8. The average molecular weight is 892 g/mol. The number of esters is 3. The third kappa shape index (κ3) is 49.7. The van der Waals surface area contributed by atoms with Crippen LogP contribution in [0.5, 0.6) is 0 Å². The van der Waals surface area contributed by atoms with E-state index in [0.29, 0.717) is 19.3 Å². The highest BCUT2D eigenvalue weighted by Gasteiger charge is 2.19. The molecule has 0 aromatic rings. The topological polar surface area (TPSA) is 78.9 Å². The van der Waals surface area contributed by atoms with Crippen LogP contribution in [0.3, 0.4) is 0 Å². The molecule has 0 amide bonds. The van der Waals surface area contributed by atoms with Crippen LogP contribution >= 0.6 is 0 Å². The summed E-state index contributed by atoms with van der Waals surface area (Å²) < 4.78 is 16.9. The van der Waals surface area contributed by atoms with Gasteiger partial charge < -0.3 is 14.2 Å². The van der Waals surface area contributed by atoms with Gasteiger partial charge in [0, 0.05) is 19.3 Å².